The van der Waals surface area contributed by atoms with Crippen LogP contribution >= 0.6 is 0 Å². The van der Waals surface area contributed by atoms with Crippen molar-refractivity contribution in [2.24, 2.45) is 0 Å². The van der Waals surface area contributed by atoms with Crippen molar-refractivity contribution in [1.29, 1.82) is 0 Å². The average Bonchev–Trinajstić information content (AvgIpc) is 2.65. The van der Waals surface area contributed by atoms with Gasteiger partial charge in [-0.1, -0.05) is 24.3 Å². The Morgan fingerprint density at radius 3 is 1.72 bits per heavy atom. The quantitative estimate of drug-likeness (QED) is 0.738. The predicted octanol–water partition coefficient (Wildman–Crippen LogP) is 3.00. The minimum Gasteiger partial charge on any atom is -0.207 e. The summed E-state index contributed by atoms with van der Waals surface area (Å²) in [6, 6.07) is 10.2. The summed E-state index contributed by atoms with van der Waals surface area (Å²) >= 11 is 0. The lowest BCUT2D eigenvalue weighted by atomic mass is 10.2. The van der Waals surface area contributed by atoms with E-state index in [2.05, 4.69) is 0 Å². The van der Waals surface area contributed by atoms with Crippen LogP contribution < -0.4 is 0 Å². The van der Waals surface area contributed by atoms with Gasteiger partial charge in [0.1, 0.15) is 0 Å². The van der Waals surface area contributed by atoms with Crippen LogP contribution in [0.25, 0.3) is 0 Å². The number of hydrogen-bond donors (Lipinski definition) is 0. The summed E-state index contributed by atoms with van der Waals surface area (Å²) in [5, 5.41) is 0. The van der Waals surface area contributed by atoms with Crippen molar-refractivity contribution in [3.05, 3.63) is 58.7 Å². The molecule has 2 aromatic carbocycles. The van der Waals surface area contributed by atoms with E-state index >= 15 is 0 Å². The molecular formula is C21H28N2O4S2. The van der Waals surface area contributed by atoms with Gasteiger partial charge in [0.05, 0.1) is 9.79 Å². The molecule has 0 saturated carbocycles. The largest absolute Gasteiger partial charge is 0.243 e. The highest BCUT2D eigenvalue weighted by molar-refractivity contribution is 7.89. The molecule has 1 saturated heterocycles. The molecule has 1 heterocycles. The molecule has 1 atom stereocenters. The Labute approximate surface area is 174 Å². The van der Waals surface area contributed by atoms with Crippen LogP contribution in [0.3, 0.4) is 0 Å². The van der Waals surface area contributed by atoms with Gasteiger partial charge in [-0.15, -0.1) is 0 Å². The average molecular weight is 437 g/mol. The summed E-state index contributed by atoms with van der Waals surface area (Å²) in [6.45, 7) is 9.40. The topological polar surface area (TPSA) is 74.8 Å². The highest BCUT2D eigenvalue weighted by atomic mass is 32.2. The smallest absolute Gasteiger partial charge is 0.207 e. The molecule has 0 radical (unpaired) electrons. The molecule has 0 bridgehead atoms. The van der Waals surface area contributed by atoms with E-state index in [9.17, 15) is 16.8 Å². The van der Waals surface area contributed by atoms with Gasteiger partial charge in [0.2, 0.25) is 20.0 Å². The molecule has 0 amide bonds. The molecular weight excluding hydrogens is 408 g/mol. The molecule has 2 aromatic rings. The number of hydrogen-bond acceptors (Lipinski definition) is 4. The van der Waals surface area contributed by atoms with Crippen LogP contribution in [0.2, 0.25) is 0 Å². The second-order valence-electron chi connectivity index (χ2n) is 7.87. The van der Waals surface area contributed by atoms with E-state index in [-0.39, 0.29) is 29.4 Å². The maximum Gasteiger partial charge on any atom is 0.243 e. The Bertz CT molecular complexity index is 1140. The van der Waals surface area contributed by atoms with Gasteiger partial charge in [0.15, 0.2) is 0 Å². The lowest BCUT2D eigenvalue weighted by Crippen LogP contribution is -2.55. The van der Waals surface area contributed by atoms with Crippen LogP contribution in [0.15, 0.2) is 46.2 Å². The van der Waals surface area contributed by atoms with Gasteiger partial charge in [0, 0.05) is 25.7 Å². The first-order valence-electron chi connectivity index (χ1n) is 9.61. The third-order valence-corrected chi connectivity index (χ3v) is 9.58. The third-order valence-electron chi connectivity index (χ3n) is 5.42. The number of piperazine rings is 1. The second kappa shape index (κ2) is 7.83. The fraction of sp³-hybridized carbons (Fsp3) is 0.429. The molecule has 1 fully saturated rings. The van der Waals surface area contributed by atoms with Crippen molar-refractivity contribution in [2.45, 2.75) is 50.5 Å². The molecule has 0 aliphatic carbocycles. The van der Waals surface area contributed by atoms with Crippen LogP contribution in [-0.4, -0.2) is 51.1 Å². The van der Waals surface area contributed by atoms with Crippen molar-refractivity contribution in [3.8, 4) is 0 Å². The van der Waals surface area contributed by atoms with Crippen LogP contribution in [-0.2, 0) is 20.0 Å². The van der Waals surface area contributed by atoms with Crippen LogP contribution in [0.4, 0.5) is 0 Å². The zero-order chi connectivity index (χ0) is 21.6. The predicted molar refractivity (Wildman–Crippen MR) is 114 cm³/mol. The second-order valence-corrected chi connectivity index (χ2v) is 11.6. The summed E-state index contributed by atoms with van der Waals surface area (Å²) in [7, 11) is -7.39. The van der Waals surface area contributed by atoms with Gasteiger partial charge < -0.3 is 0 Å². The molecule has 6 nitrogen and oxygen atoms in total. The van der Waals surface area contributed by atoms with Crippen molar-refractivity contribution < 1.29 is 16.8 Å². The number of benzene rings is 2. The Balaban J connectivity index is 1.89. The molecule has 158 valence electrons. The Hall–Kier alpha value is -1.74. The normalized spacial score (nSPS) is 19.4. The van der Waals surface area contributed by atoms with Crippen molar-refractivity contribution in [3.63, 3.8) is 0 Å². The van der Waals surface area contributed by atoms with E-state index in [1.807, 2.05) is 26.0 Å². The van der Waals surface area contributed by atoms with Crippen molar-refractivity contribution >= 4 is 20.0 Å². The van der Waals surface area contributed by atoms with E-state index in [0.29, 0.717) is 11.1 Å². The summed E-state index contributed by atoms with van der Waals surface area (Å²) in [5.74, 6) is 0. The highest BCUT2D eigenvalue weighted by Gasteiger charge is 2.38. The van der Waals surface area contributed by atoms with Crippen LogP contribution in [0.1, 0.15) is 29.2 Å². The zero-order valence-electron chi connectivity index (χ0n) is 17.5. The third kappa shape index (κ3) is 4.12. The number of nitrogens with zero attached hydrogens (tertiary/aromatic N) is 2. The molecule has 8 heteroatoms. The van der Waals surface area contributed by atoms with Crippen molar-refractivity contribution in [2.75, 3.05) is 19.6 Å². The van der Waals surface area contributed by atoms with Gasteiger partial charge in [-0.05, 0) is 69.0 Å². The van der Waals surface area contributed by atoms with E-state index in [4.69, 9.17) is 0 Å². The molecule has 0 aromatic heterocycles. The van der Waals surface area contributed by atoms with E-state index in [1.165, 1.54) is 8.61 Å². The minimum absolute atomic E-state index is 0.125. The molecule has 0 spiro atoms. The first kappa shape index (κ1) is 22.0. The lowest BCUT2D eigenvalue weighted by Gasteiger charge is -2.38. The molecule has 0 N–H and O–H groups in total. The molecule has 1 aliphatic heterocycles. The van der Waals surface area contributed by atoms with Crippen LogP contribution in [0, 0.1) is 27.7 Å². The molecule has 29 heavy (non-hydrogen) atoms. The lowest BCUT2D eigenvalue weighted by molar-refractivity contribution is 0.212. The summed E-state index contributed by atoms with van der Waals surface area (Å²) in [5.41, 5.74) is 3.12. The first-order chi connectivity index (χ1) is 13.4. The van der Waals surface area contributed by atoms with Gasteiger partial charge in [-0.25, -0.2) is 16.8 Å². The van der Waals surface area contributed by atoms with Gasteiger partial charge in [-0.3, -0.25) is 0 Å². The molecule has 3 rings (SSSR count). The minimum atomic E-state index is -3.70. The van der Waals surface area contributed by atoms with E-state index < -0.39 is 26.1 Å². The fourth-order valence-electron chi connectivity index (χ4n) is 3.72. The van der Waals surface area contributed by atoms with Gasteiger partial charge in [-0.2, -0.15) is 8.61 Å². The van der Waals surface area contributed by atoms with Crippen molar-refractivity contribution in [1.82, 2.24) is 8.61 Å². The number of rotatable bonds is 4. The summed E-state index contributed by atoms with van der Waals surface area (Å²) in [4.78, 5) is 0.575. The standard InChI is InChI=1S/C21H28N2O4S2/c1-15-6-8-17(3)20(12-15)28(24,25)22-10-11-23(19(5)14-22)29(26,27)21-13-16(2)7-9-18(21)4/h6-9,12-13,19H,10-11,14H2,1-5H3/t19-/m0/s1. The molecule has 0 unspecified atom stereocenters. The molecule has 1 aliphatic rings. The Morgan fingerprint density at radius 1 is 0.759 bits per heavy atom. The highest BCUT2D eigenvalue weighted by Crippen LogP contribution is 2.28. The van der Waals surface area contributed by atoms with Crippen LogP contribution in [0.5, 0.6) is 0 Å². The summed E-state index contributed by atoms with van der Waals surface area (Å²) in [6.07, 6.45) is 0. The maximum absolute atomic E-state index is 13.3. The first-order valence-corrected chi connectivity index (χ1v) is 12.5. The van der Waals surface area contributed by atoms with Gasteiger partial charge >= 0.3 is 0 Å². The monoisotopic (exact) mass is 436 g/mol. The van der Waals surface area contributed by atoms with E-state index in [0.717, 1.165) is 11.1 Å². The maximum atomic E-state index is 13.3. The number of aryl methyl sites for hydroxylation is 4. The van der Waals surface area contributed by atoms with E-state index in [1.54, 1.807) is 45.0 Å². The number of sulfonamides is 2. The SMILES string of the molecule is Cc1ccc(C)c(S(=O)(=O)N2CCN(S(=O)(=O)c3cc(C)ccc3C)[C@@H](C)C2)c1. The Morgan fingerprint density at radius 2 is 1.24 bits per heavy atom. The zero-order valence-corrected chi connectivity index (χ0v) is 19.1. The summed E-state index contributed by atoms with van der Waals surface area (Å²) < 4.78 is 55.7. The van der Waals surface area contributed by atoms with Gasteiger partial charge in [0.25, 0.3) is 0 Å². The fourth-order valence-corrected chi connectivity index (χ4v) is 7.47. The Kier molecular flexibility index (Phi) is 5.93.